The number of nitrogens with two attached hydrogens (primary N) is 1. The lowest BCUT2D eigenvalue weighted by atomic mass is 9.34. The number of aliphatic carboxylic acids is 1. The number of carbonyl (C=O) groups is 1. The summed E-state index contributed by atoms with van der Waals surface area (Å²) in [6.45, 7) is 5.36. The highest BCUT2D eigenvalue weighted by Crippen LogP contribution is 2.83. The minimum absolute atomic E-state index is 0.00259. The van der Waals surface area contributed by atoms with E-state index in [0.717, 1.165) is 83.0 Å². The summed E-state index contributed by atoms with van der Waals surface area (Å²) < 4.78 is 6.52. The Morgan fingerprint density at radius 3 is 2.76 bits per heavy atom. The van der Waals surface area contributed by atoms with Crippen molar-refractivity contribution in [2.45, 2.75) is 88.9 Å². The third kappa shape index (κ3) is 3.97. The molecule has 10 nitrogen and oxygen atoms in total. The normalized spacial score (nSPS) is 46.5. The van der Waals surface area contributed by atoms with Crippen LogP contribution in [0.4, 0.5) is 0 Å². The molecule has 7 N–H and O–H groups in total. The number of carboxylic acids is 1. The predicted molar refractivity (Wildman–Crippen MR) is 157 cm³/mol. The number of carboxylic acid groups (broad SMARTS) is 1. The van der Waals surface area contributed by atoms with Crippen molar-refractivity contribution in [3.63, 3.8) is 0 Å². The van der Waals surface area contributed by atoms with Crippen LogP contribution in [0.2, 0.25) is 0 Å². The Morgan fingerprint density at radius 2 is 2.05 bits per heavy atom. The molecule has 2 spiro atoms. The first-order chi connectivity index (χ1) is 20.1. The maximum absolute atomic E-state index is 13.2. The van der Waals surface area contributed by atoms with Gasteiger partial charge in [0, 0.05) is 60.3 Å². The van der Waals surface area contributed by atoms with E-state index in [1.165, 1.54) is 4.90 Å². The maximum atomic E-state index is 13.2. The summed E-state index contributed by atoms with van der Waals surface area (Å²) in [7, 11) is 3.73. The molecule has 10 heteroatoms. The molecular formula is C32H53N5O5. The molecule has 2 bridgehead atoms. The van der Waals surface area contributed by atoms with Crippen LogP contribution in [-0.4, -0.2) is 93.4 Å². The molecule has 1 saturated heterocycles. The predicted octanol–water partition coefficient (Wildman–Crippen LogP) is -1.04. The van der Waals surface area contributed by atoms with Crippen molar-refractivity contribution in [3.05, 3.63) is 11.1 Å². The summed E-state index contributed by atoms with van der Waals surface area (Å²) in [5.74, 6) is -0.361. The highest BCUT2D eigenvalue weighted by atomic mass is 16.5. The van der Waals surface area contributed by atoms with Gasteiger partial charge in [-0.25, -0.2) is 4.99 Å². The number of likely N-dealkylation sites (tertiary alicyclic amines) is 1. The lowest BCUT2D eigenvalue weighted by Crippen LogP contribution is -3.19. The fraction of sp³-hybridized carbons (Fsp3) is 0.875. The fourth-order valence-electron chi connectivity index (χ4n) is 12.0. The topological polar surface area (TPSA) is 157 Å². The van der Waals surface area contributed by atoms with Crippen molar-refractivity contribution in [3.8, 4) is 0 Å². The third-order valence-electron chi connectivity index (χ3n) is 13.4. The zero-order chi connectivity index (χ0) is 29.9. The average Bonchev–Trinajstić information content (AvgIpc) is 3.33. The first kappa shape index (κ1) is 30.5. The lowest BCUT2D eigenvalue weighted by molar-refractivity contribution is -0.832. The van der Waals surface area contributed by atoms with Crippen LogP contribution in [0.3, 0.4) is 0 Å². The van der Waals surface area contributed by atoms with Gasteiger partial charge in [-0.1, -0.05) is 12.5 Å². The number of guanidine groups is 1. The molecule has 0 aromatic rings. The molecule has 10 unspecified atom stereocenters. The second-order valence-corrected chi connectivity index (χ2v) is 14.5. The quantitative estimate of drug-likeness (QED) is 0.114. The van der Waals surface area contributed by atoms with Crippen molar-refractivity contribution in [1.82, 2.24) is 10.6 Å². The molecule has 6 rings (SSSR count). The van der Waals surface area contributed by atoms with Gasteiger partial charge in [-0.3, -0.25) is 4.90 Å². The minimum atomic E-state index is -1.59. The molecule has 5 aliphatic carbocycles. The van der Waals surface area contributed by atoms with E-state index in [9.17, 15) is 20.1 Å². The van der Waals surface area contributed by atoms with Crippen LogP contribution in [0.1, 0.15) is 71.1 Å². The molecule has 4 saturated carbocycles. The van der Waals surface area contributed by atoms with Crippen LogP contribution < -0.4 is 26.4 Å². The van der Waals surface area contributed by atoms with E-state index >= 15 is 0 Å². The number of nitrogens with one attached hydrogen (secondary N) is 3. The summed E-state index contributed by atoms with van der Waals surface area (Å²) in [5, 5.41) is 42.6. The minimum Gasteiger partial charge on any atom is -0.545 e. The van der Waals surface area contributed by atoms with Gasteiger partial charge in [0.2, 0.25) is 0 Å². The Labute approximate surface area is 250 Å². The van der Waals surface area contributed by atoms with Gasteiger partial charge in [0.05, 0.1) is 38.4 Å². The molecule has 42 heavy (non-hydrogen) atoms. The molecule has 1 heterocycles. The van der Waals surface area contributed by atoms with Gasteiger partial charge in [0.15, 0.2) is 0 Å². The van der Waals surface area contributed by atoms with E-state index < -0.39 is 17.0 Å². The van der Waals surface area contributed by atoms with Crippen LogP contribution >= 0.6 is 0 Å². The summed E-state index contributed by atoms with van der Waals surface area (Å²) in [6.07, 6.45) is 9.31. The van der Waals surface area contributed by atoms with E-state index in [4.69, 9.17) is 10.5 Å². The Kier molecular flexibility index (Phi) is 8.06. The summed E-state index contributed by atoms with van der Waals surface area (Å²) in [6, 6.07) is 0.380. The molecule has 0 radical (unpaired) electrons. The summed E-state index contributed by atoms with van der Waals surface area (Å²) >= 11 is 0. The molecule has 236 valence electrons. The van der Waals surface area contributed by atoms with E-state index in [1.54, 1.807) is 7.05 Å². The van der Waals surface area contributed by atoms with Gasteiger partial charge in [-0.15, -0.1) is 0 Å². The van der Waals surface area contributed by atoms with Crippen LogP contribution in [-0.2, 0) is 9.53 Å². The Balaban J connectivity index is 1.48. The van der Waals surface area contributed by atoms with Gasteiger partial charge in [0.25, 0.3) is 5.96 Å². The number of ether oxygens (including phenoxy) is 1. The number of piperidine rings is 1. The van der Waals surface area contributed by atoms with Crippen LogP contribution in [0.5, 0.6) is 0 Å². The number of aliphatic imine (C=N–C) groups is 1. The van der Waals surface area contributed by atoms with Crippen LogP contribution in [0.25, 0.3) is 0 Å². The molecule has 1 aliphatic heterocycles. The fourth-order valence-corrected chi connectivity index (χ4v) is 12.0. The molecule has 0 aromatic carbocycles. The van der Waals surface area contributed by atoms with Crippen molar-refractivity contribution < 1.29 is 29.8 Å². The number of aliphatic hydroxyl groups excluding tert-OH is 1. The van der Waals surface area contributed by atoms with Gasteiger partial charge < -0.3 is 41.2 Å². The van der Waals surface area contributed by atoms with Crippen molar-refractivity contribution in [2.24, 2.45) is 44.7 Å². The highest BCUT2D eigenvalue weighted by molar-refractivity contribution is 5.90. The van der Waals surface area contributed by atoms with E-state index in [-0.39, 0.29) is 47.6 Å². The summed E-state index contributed by atoms with van der Waals surface area (Å²) in [4.78, 5) is 18.8. The smallest absolute Gasteiger partial charge is 0.293 e. The van der Waals surface area contributed by atoms with Gasteiger partial charge in [-0.05, 0) is 76.7 Å². The van der Waals surface area contributed by atoms with E-state index in [2.05, 4.69) is 22.5 Å². The second-order valence-electron chi connectivity index (χ2n) is 14.5. The highest BCUT2D eigenvalue weighted by Gasteiger charge is 2.83. The zero-order valence-electron chi connectivity index (χ0n) is 25.8. The number of quaternary nitrogens is 1. The van der Waals surface area contributed by atoms with Crippen LogP contribution in [0.15, 0.2) is 16.1 Å². The average molecular weight is 588 g/mol. The summed E-state index contributed by atoms with van der Waals surface area (Å²) in [5.41, 5.74) is 5.21. The molecule has 0 aromatic heterocycles. The zero-order valence-corrected chi connectivity index (χ0v) is 25.8. The maximum Gasteiger partial charge on any atom is 0.293 e. The van der Waals surface area contributed by atoms with E-state index in [0.29, 0.717) is 30.9 Å². The van der Waals surface area contributed by atoms with Crippen molar-refractivity contribution >= 4 is 11.9 Å². The standard InChI is InChI=1S/C32H53N5O5/c1-20-7-8-21-15-24-26(27(39)40)30(41,19-42-23-6-4-5-22(16-23)34-2)25-9-10-29(17-36-12-14-38)11-13-37(28(33)35-3)18-31(21,29)32(20,24)25/h20-23,25,34,36,38,41H,4-19H2,1-3H3,(H2,33,35)(H,39,40). The number of aliphatic hydroxyl groups is 2. The molecule has 0 amide bonds. The first-order valence-corrected chi connectivity index (χ1v) is 16.5. The van der Waals surface area contributed by atoms with Crippen molar-refractivity contribution in [2.75, 3.05) is 53.5 Å². The van der Waals surface area contributed by atoms with Gasteiger partial charge in [0.1, 0.15) is 5.60 Å². The molecule has 6 aliphatic rings. The molecule has 10 atom stereocenters. The number of nitrogens with zero attached hydrogens (tertiary/aromatic N) is 1. The Hall–Kier alpha value is -1.56. The van der Waals surface area contributed by atoms with E-state index in [1.807, 2.05) is 7.05 Å². The SMILES string of the molecule is CN=C(N)[NH+]1CCC2(CNCCO)CCC3C(O)(COC4CCCC(NC)C4)C(C(=O)[O-])=C4CC5CCC(C)C43C52C1. The monoisotopic (exact) mass is 587 g/mol. The third-order valence-corrected chi connectivity index (χ3v) is 13.4. The molecule has 5 fully saturated rings. The number of carbonyl (C=O) groups excluding carboxylic acids is 1. The van der Waals surface area contributed by atoms with Crippen molar-refractivity contribution in [1.29, 1.82) is 0 Å². The number of rotatable bonds is 9. The number of allylic oxidation sites excluding steroid dienone is 1. The van der Waals surface area contributed by atoms with Crippen LogP contribution in [0, 0.1) is 34.0 Å². The largest absolute Gasteiger partial charge is 0.545 e. The number of hydrogen-bond donors (Lipinski definition) is 6. The first-order valence-electron chi connectivity index (χ1n) is 16.5. The lowest BCUT2D eigenvalue weighted by Gasteiger charge is -2.70. The second kappa shape index (κ2) is 11.1. The van der Waals surface area contributed by atoms with Gasteiger partial charge in [-0.2, -0.15) is 0 Å². The van der Waals surface area contributed by atoms with Gasteiger partial charge >= 0.3 is 0 Å². The Morgan fingerprint density at radius 1 is 1.24 bits per heavy atom. The molecular weight excluding hydrogens is 534 g/mol. The Bertz CT molecular complexity index is 1130. The number of hydrogen-bond acceptors (Lipinski definition) is 8.